The minimum atomic E-state index is -0.928. The van der Waals surface area contributed by atoms with Crippen molar-refractivity contribution in [1.82, 2.24) is 19.7 Å². The first-order valence-corrected chi connectivity index (χ1v) is 13.3. The number of hydrogen-bond donors (Lipinski definition) is 4. The molecule has 206 valence electrons. The molecule has 4 aromatic rings. The van der Waals surface area contributed by atoms with Crippen LogP contribution in [0, 0.1) is 11.3 Å². The van der Waals surface area contributed by atoms with E-state index in [0.29, 0.717) is 41.8 Å². The van der Waals surface area contributed by atoms with Gasteiger partial charge in [-0.25, -0.2) is 4.98 Å². The fraction of sp³-hybridized carbons (Fsp3) is 0.333. The van der Waals surface area contributed by atoms with E-state index in [1.807, 2.05) is 42.6 Å². The molecule has 40 heavy (non-hydrogen) atoms. The van der Waals surface area contributed by atoms with E-state index in [1.54, 1.807) is 37.0 Å². The Hall–Kier alpha value is -4.46. The van der Waals surface area contributed by atoms with E-state index in [4.69, 9.17) is 9.72 Å². The van der Waals surface area contributed by atoms with Crippen LogP contribution in [0.4, 0.5) is 17.5 Å². The molecule has 1 unspecified atom stereocenters. The topological polar surface area (TPSA) is 141 Å². The largest absolute Gasteiger partial charge is 0.493 e. The molecule has 0 fully saturated rings. The van der Waals surface area contributed by atoms with Crippen molar-refractivity contribution in [3.05, 3.63) is 77.7 Å². The molecule has 4 bridgehead atoms. The van der Waals surface area contributed by atoms with E-state index >= 15 is 0 Å². The van der Waals surface area contributed by atoms with Crippen LogP contribution in [0.15, 0.2) is 61.1 Å². The monoisotopic (exact) mass is 539 g/mol. The van der Waals surface area contributed by atoms with Gasteiger partial charge in [-0.05, 0) is 62.9 Å². The Balaban J connectivity index is 1.58. The normalized spacial score (nSPS) is 15.6. The van der Waals surface area contributed by atoms with Crippen LogP contribution >= 0.6 is 0 Å². The fourth-order valence-corrected chi connectivity index (χ4v) is 4.75. The molecule has 4 N–H and O–H groups in total. The van der Waals surface area contributed by atoms with Crippen molar-refractivity contribution < 1.29 is 14.9 Å². The lowest BCUT2D eigenvalue weighted by Gasteiger charge is -2.22. The minimum absolute atomic E-state index is 0.191. The highest BCUT2D eigenvalue weighted by molar-refractivity contribution is 5.75. The molecular formula is C30H33N7O3. The van der Waals surface area contributed by atoms with Crippen molar-refractivity contribution in [1.29, 1.82) is 5.26 Å². The zero-order valence-electron chi connectivity index (χ0n) is 22.6. The van der Waals surface area contributed by atoms with Crippen LogP contribution in [-0.4, -0.2) is 48.8 Å². The average Bonchev–Trinajstić information content (AvgIpc) is 3.38. The molecule has 0 spiro atoms. The number of nitriles is 1. The molecule has 0 aliphatic carbocycles. The summed E-state index contributed by atoms with van der Waals surface area (Å²) < 4.78 is 7.83. The second-order valence-electron chi connectivity index (χ2n) is 10.5. The third-order valence-corrected chi connectivity index (χ3v) is 6.65. The van der Waals surface area contributed by atoms with E-state index in [1.165, 1.54) is 0 Å². The van der Waals surface area contributed by atoms with Gasteiger partial charge in [0.15, 0.2) is 0 Å². The van der Waals surface area contributed by atoms with Crippen LogP contribution in [-0.2, 0) is 13.0 Å². The van der Waals surface area contributed by atoms with Crippen LogP contribution in [0.25, 0.3) is 11.1 Å². The van der Waals surface area contributed by atoms with Gasteiger partial charge in [0.05, 0.1) is 49.2 Å². The van der Waals surface area contributed by atoms with Crippen LogP contribution in [0.1, 0.15) is 49.4 Å². The molecule has 5 rings (SSSR count). The molecule has 0 radical (unpaired) electrons. The number of aliphatic hydroxyl groups excluding tert-OH is 1. The molecule has 0 saturated carbocycles. The summed E-state index contributed by atoms with van der Waals surface area (Å²) >= 11 is 0. The van der Waals surface area contributed by atoms with Gasteiger partial charge in [0.2, 0.25) is 5.95 Å². The second kappa shape index (κ2) is 11.7. The SMILES string of the molecule is CC(C)(O)Cn1cc(-c2cnc3nc2NC(CO)c2ccccc2OCCCCc2cc(ccc2C#N)N3)cn1. The molecule has 10 nitrogen and oxygen atoms in total. The highest BCUT2D eigenvalue weighted by Gasteiger charge is 2.21. The molecule has 2 aromatic heterocycles. The summed E-state index contributed by atoms with van der Waals surface area (Å²) in [7, 11) is 0. The first-order valence-electron chi connectivity index (χ1n) is 13.3. The summed E-state index contributed by atoms with van der Waals surface area (Å²) in [5.74, 6) is 1.54. The minimum Gasteiger partial charge on any atom is -0.493 e. The van der Waals surface area contributed by atoms with Crippen molar-refractivity contribution in [3.63, 3.8) is 0 Å². The number of aliphatic hydroxyl groups is 2. The average molecular weight is 540 g/mol. The lowest BCUT2D eigenvalue weighted by molar-refractivity contribution is 0.0577. The third kappa shape index (κ3) is 6.39. The first kappa shape index (κ1) is 27.1. The van der Waals surface area contributed by atoms with Gasteiger partial charge in [-0.15, -0.1) is 0 Å². The summed E-state index contributed by atoms with van der Waals surface area (Å²) in [4.78, 5) is 9.36. The fourth-order valence-electron chi connectivity index (χ4n) is 4.75. The predicted molar refractivity (Wildman–Crippen MR) is 152 cm³/mol. The number of aryl methyl sites for hydroxylation is 1. The Kier molecular flexibility index (Phi) is 7.96. The van der Waals surface area contributed by atoms with Crippen molar-refractivity contribution in [2.24, 2.45) is 0 Å². The number of fused-ring (bicyclic) bond motifs is 5. The van der Waals surface area contributed by atoms with Gasteiger partial charge in [-0.1, -0.05) is 18.2 Å². The molecule has 0 saturated heterocycles. The Bertz CT molecular complexity index is 1520. The maximum Gasteiger partial charge on any atom is 0.229 e. The van der Waals surface area contributed by atoms with Crippen LogP contribution in [0.5, 0.6) is 5.75 Å². The van der Waals surface area contributed by atoms with Crippen LogP contribution < -0.4 is 15.4 Å². The van der Waals surface area contributed by atoms with E-state index in [0.717, 1.165) is 41.6 Å². The maximum atomic E-state index is 10.4. The molecule has 2 aromatic carbocycles. The van der Waals surface area contributed by atoms with Gasteiger partial charge in [0, 0.05) is 34.8 Å². The van der Waals surface area contributed by atoms with Gasteiger partial charge >= 0.3 is 0 Å². The maximum absolute atomic E-state index is 10.4. The molecule has 3 heterocycles. The molecular weight excluding hydrogens is 506 g/mol. The lowest BCUT2D eigenvalue weighted by atomic mass is 10.0. The van der Waals surface area contributed by atoms with Crippen LogP contribution in [0.3, 0.4) is 0 Å². The van der Waals surface area contributed by atoms with Gasteiger partial charge in [-0.3, -0.25) is 4.68 Å². The van der Waals surface area contributed by atoms with E-state index in [-0.39, 0.29) is 6.61 Å². The number of para-hydroxylation sites is 1. The first-order chi connectivity index (χ1) is 19.3. The Labute approximate surface area is 233 Å². The van der Waals surface area contributed by atoms with Gasteiger partial charge < -0.3 is 25.6 Å². The van der Waals surface area contributed by atoms with Crippen LogP contribution in [0.2, 0.25) is 0 Å². The highest BCUT2D eigenvalue weighted by atomic mass is 16.5. The quantitative estimate of drug-likeness (QED) is 0.293. The van der Waals surface area contributed by atoms with Gasteiger partial charge in [0.1, 0.15) is 11.6 Å². The number of hydrogen-bond acceptors (Lipinski definition) is 9. The molecule has 1 aliphatic heterocycles. The second-order valence-corrected chi connectivity index (χ2v) is 10.5. The Morgan fingerprint density at radius 3 is 2.83 bits per heavy atom. The number of anilines is 3. The molecule has 1 aliphatic rings. The zero-order chi connectivity index (χ0) is 28.1. The summed E-state index contributed by atoms with van der Waals surface area (Å²) in [5.41, 5.74) is 3.70. The summed E-state index contributed by atoms with van der Waals surface area (Å²) in [5, 5.41) is 41.4. The Morgan fingerprint density at radius 1 is 1.18 bits per heavy atom. The number of nitrogens with one attached hydrogen (secondary N) is 2. The third-order valence-electron chi connectivity index (χ3n) is 6.65. The Morgan fingerprint density at radius 2 is 2.02 bits per heavy atom. The van der Waals surface area contributed by atoms with E-state index < -0.39 is 11.6 Å². The number of benzene rings is 2. The number of rotatable bonds is 4. The predicted octanol–water partition coefficient (Wildman–Crippen LogP) is 4.59. The van der Waals surface area contributed by atoms with E-state index in [2.05, 4.69) is 26.8 Å². The van der Waals surface area contributed by atoms with E-state index in [9.17, 15) is 15.5 Å². The number of nitrogens with zero attached hydrogens (tertiary/aromatic N) is 5. The van der Waals surface area contributed by atoms with Gasteiger partial charge in [-0.2, -0.15) is 15.3 Å². The lowest BCUT2D eigenvalue weighted by Crippen LogP contribution is -2.26. The molecule has 1 atom stereocenters. The molecule has 0 amide bonds. The van der Waals surface area contributed by atoms with Crippen molar-refractivity contribution in [2.75, 3.05) is 23.8 Å². The summed E-state index contributed by atoms with van der Waals surface area (Å²) in [6.07, 6.45) is 7.65. The van der Waals surface area contributed by atoms with Crippen molar-refractivity contribution in [3.8, 4) is 22.9 Å². The molecule has 10 heteroatoms. The highest BCUT2D eigenvalue weighted by Crippen LogP contribution is 2.33. The number of aromatic nitrogens is 4. The van der Waals surface area contributed by atoms with Crippen molar-refractivity contribution in [2.45, 2.75) is 51.3 Å². The summed E-state index contributed by atoms with van der Waals surface area (Å²) in [6, 6.07) is 15.0. The van der Waals surface area contributed by atoms with Crippen molar-refractivity contribution >= 4 is 17.5 Å². The smallest absolute Gasteiger partial charge is 0.229 e. The number of ether oxygens (including phenoxy) is 1. The van der Waals surface area contributed by atoms with Gasteiger partial charge in [0.25, 0.3) is 0 Å². The standard InChI is InChI=1S/C30H33N7O3/c1-30(2,39)19-37-17-22(15-33-37)25-16-32-29-34-23-11-10-21(14-31)20(13-23)7-5-6-12-40-27-9-4-3-8-24(27)26(18-38)35-28(25)36-29/h3-4,8-11,13,15-17,26,38-39H,5-7,12,18-19H2,1-2H3,(H2,32,34,35,36). The summed E-state index contributed by atoms with van der Waals surface area (Å²) in [6.45, 7) is 4.09. The zero-order valence-corrected chi connectivity index (χ0v) is 22.6.